The van der Waals surface area contributed by atoms with Gasteiger partial charge in [-0.25, -0.2) is 4.98 Å². The Hall–Kier alpha value is -4.28. The lowest BCUT2D eigenvalue weighted by molar-refractivity contribution is -0.121. The number of carbonyl (C=O) groups excluding carboxylic acids is 1. The molecule has 1 heterocycles. The monoisotopic (exact) mass is 537 g/mol. The zero-order valence-electron chi connectivity index (χ0n) is 22.5. The number of methoxy groups -OCH3 is 2. The van der Waals surface area contributed by atoms with Gasteiger partial charge < -0.3 is 14.8 Å². The van der Waals surface area contributed by atoms with Crippen LogP contribution in [0.4, 0.5) is 0 Å². The van der Waals surface area contributed by atoms with Gasteiger partial charge in [-0.2, -0.15) is 5.26 Å². The second kappa shape index (κ2) is 13.0. The lowest BCUT2D eigenvalue weighted by atomic mass is 9.98. The highest BCUT2D eigenvalue weighted by Gasteiger charge is 2.26. The summed E-state index contributed by atoms with van der Waals surface area (Å²) in [5, 5.41) is 13.5. The van der Waals surface area contributed by atoms with E-state index in [1.54, 1.807) is 14.2 Å². The van der Waals surface area contributed by atoms with Gasteiger partial charge in [-0.05, 0) is 31.0 Å². The van der Waals surface area contributed by atoms with E-state index in [4.69, 9.17) is 14.5 Å². The molecule has 0 unspecified atom stereocenters. The predicted molar refractivity (Wildman–Crippen MR) is 156 cm³/mol. The summed E-state index contributed by atoms with van der Waals surface area (Å²) >= 11 is 1.31. The van der Waals surface area contributed by atoms with Crippen LogP contribution in [0, 0.1) is 11.3 Å². The Morgan fingerprint density at radius 2 is 1.67 bits per heavy atom. The summed E-state index contributed by atoms with van der Waals surface area (Å²) in [4.78, 5) is 18.3. The van der Waals surface area contributed by atoms with Crippen molar-refractivity contribution >= 4 is 17.7 Å². The number of thioether (sulfide) groups is 1. The molecule has 7 heteroatoms. The van der Waals surface area contributed by atoms with Crippen LogP contribution in [0.1, 0.15) is 37.4 Å². The summed E-state index contributed by atoms with van der Waals surface area (Å²) in [6.45, 7) is 3.93. The average molecular weight is 538 g/mol. The molecule has 1 aromatic heterocycles. The summed E-state index contributed by atoms with van der Waals surface area (Å²) < 4.78 is 11.2. The van der Waals surface area contributed by atoms with Crippen molar-refractivity contribution in [3.05, 3.63) is 96.1 Å². The van der Waals surface area contributed by atoms with Crippen LogP contribution in [-0.4, -0.2) is 30.4 Å². The molecule has 0 saturated carbocycles. The molecular weight excluding hydrogens is 506 g/mol. The van der Waals surface area contributed by atoms with E-state index in [9.17, 15) is 10.1 Å². The number of benzene rings is 3. The summed E-state index contributed by atoms with van der Waals surface area (Å²) in [5.74, 6) is 0.987. The smallest absolute Gasteiger partial charge is 0.234 e. The molecule has 1 N–H and O–H groups in total. The van der Waals surface area contributed by atoms with Crippen LogP contribution in [-0.2, 0) is 4.79 Å². The largest absolute Gasteiger partial charge is 0.493 e. The van der Waals surface area contributed by atoms with Crippen molar-refractivity contribution in [1.29, 1.82) is 5.26 Å². The van der Waals surface area contributed by atoms with Crippen molar-refractivity contribution in [3.63, 3.8) is 0 Å². The number of para-hydroxylation sites is 1. The van der Waals surface area contributed by atoms with Crippen LogP contribution in [0.15, 0.2) is 90.0 Å². The number of nitrogens with zero attached hydrogens (tertiary/aromatic N) is 2. The first kappa shape index (κ1) is 27.7. The molecule has 2 atom stereocenters. The molecule has 0 aliphatic rings. The maximum atomic E-state index is 13.4. The first-order valence-electron chi connectivity index (χ1n) is 12.7. The molecule has 3 aromatic carbocycles. The highest BCUT2D eigenvalue weighted by Crippen LogP contribution is 2.43. The van der Waals surface area contributed by atoms with Gasteiger partial charge in [0, 0.05) is 16.7 Å². The topological polar surface area (TPSA) is 84.2 Å². The summed E-state index contributed by atoms with van der Waals surface area (Å²) in [6, 6.07) is 29.3. The number of pyridine rings is 1. The van der Waals surface area contributed by atoms with Gasteiger partial charge in [-0.15, -0.1) is 0 Å². The van der Waals surface area contributed by atoms with E-state index < -0.39 is 5.25 Å². The first-order valence-corrected chi connectivity index (χ1v) is 13.6. The number of carbonyl (C=O) groups is 1. The van der Waals surface area contributed by atoms with Crippen LogP contribution < -0.4 is 14.8 Å². The van der Waals surface area contributed by atoms with Gasteiger partial charge in [0.2, 0.25) is 5.91 Å². The molecule has 0 radical (unpaired) electrons. The second-order valence-electron chi connectivity index (χ2n) is 8.91. The van der Waals surface area contributed by atoms with E-state index in [2.05, 4.69) is 11.4 Å². The fourth-order valence-electron chi connectivity index (χ4n) is 4.37. The van der Waals surface area contributed by atoms with Crippen LogP contribution in [0.3, 0.4) is 0 Å². The molecule has 198 valence electrons. The van der Waals surface area contributed by atoms with E-state index >= 15 is 0 Å². The van der Waals surface area contributed by atoms with Gasteiger partial charge in [-0.1, -0.05) is 91.5 Å². The van der Waals surface area contributed by atoms with Crippen LogP contribution in [0.25, 0.3) is 22.4 Å². The van der Waals surface area contributed by atoms with E-state index in [-0.39, 0.29) is 11.9 Å². The van der Waals surface area contributed by atoms with Crippen molar-refractivity contribution in [1.82, 2.24) is 10.3 Å². The minimum Gasteiger partial charge on any atom is -0.493 e. The maximum absolute atomic E-state index is 13.4. The second-order valence-corrected chi connectivity index (χ2v) is 10.1. The zero-order valence-corrected chi connectivity index (χ0v) is 23.3. The van der Waals surface area contributed by atoms with Crippen molar-refractivity contribution in [3.8, 4) is 40.0 Å². The Balaban J connectivity index is 1.79. The first-order chi connectivity index (χ1) is 19.0. The fraction of sp³-hybridized carbons (Fsp3) is 0.219. The molecule has 0 aliphatic heterocycles. The van der Waals surface area contributed by atoms with Crippen LogP contribution in [0.2, 0.25) is 0 Å². The maximum Gasteiger partial charge on any atom is 0.234 e. The Morgan fingerprint density at radius 1 is 0.974 bits per heavy atom. The summed E-state index contributed by atoms with van der Waals surface area (Å²) in [6.07, 6.45) is 0.567. The van der Waals surface area contributed by atoms with E-state index in [1.807, 2.05) is 98.8 Å². The standard InChI is InChI=1S/C32H31N3O3S/c1-5-29(31(36)34-21(2)22-13-8-6-9-14-22)39-32-26(20-33)25(19-27(35-32)23-15-10-7-11-16-23)24-17-12-18-28(37-3)30(24)38-4/h6-19,21,29H,5H2,1-4H3,(H,34,36)/t21-,29+/m0/s1. The minimum atomic E-state index is -0.443. The van der Waals surface area contributed by atoms with E-state index in [0.29, 0.717) is 45.3 Å². The lowest BCUT2D eigenvalue weighted by Crippen LogP contribution is -2.34. The van der Waals surface area contributed by atoms with Crippen LogP contribution in [0.5, 0.6) is 11.5 Å². The van der Waals surface area contributed by atoms with E-state index in [1.165, 1.54) is 11.8 Å². The number of nitriles is 1. The number of aromatic nitrogens is 1. The third-order valence-electron chi connectivity index (χ3n) is 6.44. The SMILES string of the molecule is CC[C@@H](Sc1nc(-c2ccccc2)cc(-c2cccc(OC)c2OC)c1C#N)C(=O)N[C@@H](C)c1ccccc1. The van der Waals surface area contributed by atoms with Gasteiger partial charge in [0.1, 0.15) is 11.1 Å². The highest BCUT2D eigenvalue weighted by atomic mass is 32.2. The normalized spacial score (nSPS) is 12.2. The molecule has 4 rings (SSSR count). The van der Waals surface area contributed by atoms with Crippen molar-refractivity contribution in [2.75, 3.05) is 14.2 Å². The number of nitrogens with one attached hydrogen (secondary N) is 1. The lowest BCUT2D eigenvalue weighted by Gasteiger charge is -2.21. The Labute approximate surface area is 234 Å². The number of hydrogen-bond acceptors (Lipinski definition) is 6. The van der Waals surface area contributed by atoms with Gasteiger partial charge in [0.15, 0.2) is 11.5 Å². The molecule has 1 amide bonds. The average Bonchev–Trinajstić information content (AvgIpc) is 2.99. The number of rotatable bonds is 10. The predicted octanol–water partition coefficient (Wildman–Crippen LogP) is 7.05. The van der Waals surface area contributed by atoms with Gasteiger partial charge in [0.05, 0.1) is 36.8 Å². The molecular formula is C32H31N3O3S. The summed E-state index contributed by atoms with van der Waals surface area (Å²) in [7, 11) is 3.16. The van der Waals surface area contributed by atoms with Gasteiger partial charge in [-0.3, -0.25) is 4.79 Å². The molecule has 0 saturated heterocycles. The van der Waals surface area contributed by atoms with Crippen molar-refractivity contribution in [2.24, 2.45) is 0 Å². The Kier molecular flexibility index (Phi) is 9.24. The highest BCUT2D eigenvalue weighted by molar-refractivity contribution is 8.00. The molecule has 4 aromatic rings. The quantitative estimate of drug-likeness (QED) is 0.218. The number of amides is 1. The molecule has 0 spiro atoms. The van der Waals surface area contributed by atoms with Gasteiger partial charge in [0.25, 0.3) is 0 Å². The van der Waals surface area contributed by atoms with Gasteiger partial charge >= 0.3 is 0 Å². The third-order valence-corrected chi connectivity index (χ3v) is 7.79. The molecule has 6 nitrogen and oxygen atoms in total. The summed E-state index contributed by atoms with van der Waals surface area (Å²) in [5.41, 5.74) is 4.39. The fourth-order valence-corrected chi connectivity index (χ4v) is 5.41. The third kappa shape index (κ3) is 6.24. The van der Waals surface area contributed by atoms with Crippen LogP contribution >= 0.6 is 11.8 Å². The number of hydrogen-bond donors (Lipinski definition) is 1. The minimum absolute atomic E-state index is 0.102. The molecule has 0 bridgehead atoms. The van der Waals surface area contributed by atoms with Crippen molar-refractivity contribution in [2.45, 2.75) is 36.6 Å². The molecule has 39 heavy (non-hydrogen) atoms. The Morgan fingerprint density at radius 3 is 2.28 bits per heavy atom. The van der Waals surface area contributed by atoms with Crippen molar-refractivity contribution < 1.29 is 14.3 Å². The molecule has 0 aliphatic carbocycles. The zero-order chi connectivity index (χ0) is 27.8. The Bertz CT molecular complexity index is 1470. The van der Waals surface area contributed by atoms with E-state index in [0.717, 1.165) is 11.1 Å². The number of ether oxygens (including phenoxy) is 2. The molecule has 0 fully saturated rings.